The molecule has 0 aliphatic carbocycles. The number of carbonyl (C=O) groups excluding carboxylic acids is 1. The summed E-state index contributed by atoms with van der Waals surface area (Å²) < 4.78 is 5.29. The lowest BCUT2D eigenvalue weighted by Crippen LogP contribution is -2.47. The predicted octanol–water partition coefficient (Wildman–Crippen LogP) is 1.60. The Morgan fingerprint density at radius 1 is 1.69 bits per heavy atom. The second kappa shape index (κ2) is 4.80. The lowest BCUT2D eigenvalue weighted by atomic mass is 10.2. The van der Waals surface area contributed by atoms with E-state index in [1.54, 1.807) is 23.2 Å². The van der Waals surface area contributed by atoms with Crippen LogP contribution in [0.5, 0.6) is 0 Å². The van der Waals surface area contributed by atoms with Gasteiger partial charge in [0.25, 0.3) is 5.91 Å². The van der Waals surface area contributed by atoms with E-state index in [-0.39, 0.29) is 17.1 Å². The van der Waals surface area contributed by atoms with E-state index in [1.807, 2.05) is 6.92 Å². The van der Waals surface area contributed by atoms with E-state index in [2.05, 4.69) is 4.98 Å². The second-order valence-corrected chi connectivity index (χ2v) is 4.12. The molecule has 16 heavy (non-hydrogen) atoms. The van der Waals surface area contributed by atoms with Gasteiger partial charge in [0.2, 0.25) is 0 Å². The first-order chi connectivity index (χ1) is 7.70. The first-order valence-corrected chi connectivity index (χ1v) is 5.57. The summed E-state index contributed by atoms with van der Waals surface area (Å²) in [7, 11) is 0. The molecule has 1 aliphatic rings. The molecule has 1 atom stereocenters. The minimum Gasteiger partial charge on any atom is -0.377 e. The van der Waals surface area contributed by atoms with Crippen molar-refractivity contribution >= 4 is 17.5 Å². The zero-order valence-corrected chi connectivity index (χ0v) is 9.78. The minimum absolute atomic E-state index is 0.0751. The van der Waals surface area contributed by atoms with Crippen molar-refractivity contribution in [2.75, 3.05) is 19.8 Å². The van der Waals surface area contributed by atoms with Crippen LogP contribution < -0.4 is 0 Å². The van der Waals surface area contributed by atoms with Gasteiger partial charge in [0.05, 0.1) is 24.8 Å². The fourth-order valence-corrected chi connectivity index (χ4v) is 1.93. The van der Waals surface area contributed by atoms with Crippen LogP contribution in [-0.4, -0.2) is 41.6 Å². The summed E-state index contributed by atoms with van der Waals surface area (Å²) in [5.41, 5.74) is 0.456. The van der Waals surface area contributed by atoms with Gasteiger partial charge in [0.1, 0.15) is 5.15 Å². The van der Waals surface area contributed by atoms with E-state index in [9.17, 15) is 4.79 Å². The molecule has 2 heterocycles. The number of aromatic nitrogens is 1. The fraction of sp³-hybridized carbons (Fsp3) is 0.455. The highest BCUT2D eigenvalue weighted by atomic mass is 35.5. The lowest BCUT2D eigenvalue weighted by molar-refractivity contribution is 0.00358. The Labute approximate surface area is 99.2 Å². The Balaban J connectivity index is 2.21. The van der Waals surface area contributed by atoms with Gasteiger partial charge in [0.15, 0.2) is 0 Å². The van der Waals surface area contributed by atoms with Gasteiger partial charge in [-0.15, -0.1) is 0 Å². The molecule has 1 aromatic rings. The largest absolute Gasteiger partial charge is 0.377 e. The molecule has 1 saturated heterocycles. The van der Waals surface area contributed by atoms with E-state index in [1.165, 1.54) is 0 Å². The van der Waals surface area contributed by atoms with Crippen LogP contribution in [0.15, 0.2) is 18.3 Å². The van der Waals surface area contributed by atoms with E-state index in [0.29, 0.717) is 25.3 Å². The molecule has 0 unspecified atom stereocenters. The van der Waals surface area contributed by atoms with Crippen molar-refractivity contribution in [1.29, 1.82) is 0 Å². The number of nitrogens with zero attached hydrogens (tertiary/aromatic N) is 2. The van der Waals surface area contributed by atoms with Crippen LogP contribution in [-0.2, 0) is 4.74 Å². The summed E-state index contributed by atoms with van der Waals surface area (Å²) in [6.07, 6.45) is 1.57. The maximum Gasteiger partial charge on any atom is 0.257 e. The molecule has 86 valence electrons. The molecular weight excluding hydrogens is 228 g/mol. The van der Waals surface area contributed by atoms with E-state index >= 15 is 0 Å². The summed E-state index contributed by atoms with van der Waals surface area (Å²) in [5.74, 6) is -0.0751. The molecule has 0 aromatic carbocycles. The highest BCUT2D eigenvalue weighted by Gasteiger charge is 2.26. The molecule has 1 aliphatic heterocycles. The summed E-state index contributed by atoms with van der Waals surface area (Å²) >= 11 is 5.90. The first kappa shape index (κ1) is 11.4. The third kappa shape index (κ3) is 2.18. The summed E-state index contributed by atoms with van der Waals surface area (Å²) in [6, 6.07) is 3.49. The Hall–Kier alpha value is -1.13. The van der Waals surface area contributed by atoms with Crippen molar-refractivity contribution in [3.05, 3.63) is 29.0 Å². The number of pyridine rings is 1. The molecule has 0 saturated carbocycles. The summed E-state index contributed by atoms with van der Waals surface area (Å²) in [5, 5.41) is 0.256. The molecule has 1 aromatic heterocycles. The van der Waals surface area contributed by atoms with Gasteiger partial charge in [-0.25, -0.2) is 4.98 Å². The van der Waals surface area contributed by atoms with Gasteiger partial charge in [-0.1, -0.05) is 11.6 Å². The Morgan fingerprint density at radius 3 is 3.19 bits per heavy atom. The maximum atomic E-state index is 12.2. The maximum absolute atomic E-state index is 12.2. The average molecular weight is 241 g/mol. The summed E-state index contributed by atoms with van der Waals surface area (Å²) in [6.45, 7) is 3.71. The number of carbonyl (C=O) groups is 1. The molecule has 4 nitrogen and oxygen atoms in total. The van der Waals surface area contributed by atoms with Crippen molar-refractivity contribution < 1.29 is 9.53 Å². The topological polar surface area (TPSA) is 42.4 Å². The van der Waals surface area contributed by atoms with E-state index < -0.39 is 0 Å². The third-order valence-corrected chi connectivity index (χ3v) is 2.92. The molecule has 5 heteroatoms. The fourth-order valence-electron chi connectivity index (χ4n) is 1.73. The molecule has 0 bridgehead atoms. The highest BCUT2D eigenvalue weighted by Crippen LogP contribution is 2.17. The number of morpholine rings is 1. The monoisotopic (exact) mass is 240 g/mol. The molecule has 1 fully saturated rings. The highest BCUT2D eigenvalue weighted by molar-refractivity contribution is 6.32. The smallest absolute Gasteiger partial charge is 0.257 e. The van der Waals surface area contributed by atoms with E-state index in [0.717, 1.165) is 0 Å². The van der Waals surface area contributed by atoms with Gasteiger partial charge >= 0.3 is 0 Å². The van der Waals surface area contributed by atoms with Gasteiger partial charge in [0, 0.05) is 12.7 Å². The Bertz CT molecular complexity index is 397. The molecular formula is C11H13ClN2O2. The zero-order chi connectivity index (χ0) is 11.5. The number of ether oxygens (including phenoxy) is 1. The average Bonchev–Trinajstić information content (AvgIpc) is 2.29. The number of halogens is 1. The Morgan fingerprint density at radius 2 is 2.50 bits per heavy atom. The van der Waals surface area contributed by atoms with Gasteiger partial charge in [-0.2, -0.15) is 0 Å². The van der Waals surface area contributed by atoms with Crippen molar-refractivity contribution in [3.63, 3.8) is 0 Å². The van der Waals surface area contributed by atoms with Gasteiger partial charge in [-0.05, 0) is 19.1 Å². The van der Waals surface area contributed by atoms with E-state index in [4.69, 9.17) is 16.3 Å². The summed E-state index contributed by atoms with van der Waals surface area (Å²) in [4.78, 5) is 17.9. The third-order valence-electron chi connectivity index (χ3n) is 2.62. The van der Waals surface area contributed by atoms with Crippen LogP contribution >= 0.6 is 11.6 Å². The van der Waals surface area contributed by atoms with Crippen LogP contribution in [0, 0.1) is 0 Å². The molecule has 0 N–H and O–H groups in total. The molecule has 0 spiro atoms. The zero-order valence-electron chi connectivity index (χ0n) is 9.02. The predicted molar refractivity (Wildman–Crippen MR) is 60.6 cm³/mol. The number of rotatable bonds is 1. The van der Waals surface area contributed by atoms with Crippen LogP contribution in [0.25, 0.3) is 0 Å². The lowest BCUT2D eigenvalue weighted by Gasteiger charge is -2.33. The van der Waals surface area contributed by atoms with Crippen molar-refractivity contribution in [2.24, 2.45) is 0 Å². The van der Waals surface area contributed by atoms with Gasteiger partial charge < -0.3 is 9.64 Å². The van der Waals surface area contributed by atoms with Gasteiger partial charge in [-0.3, -0.25) is 4.79 Å². The SMILES string of the molecule is C[C@@H]1COCCN1C(=O)c1cccnc1Cl. The number of hydrogen-bond acceptors (Lipinski definition) is 3. The van der Waals surface area contributed by atoms with Crippen LogP contribution in [0.2, 0.25) is 5.15 Å². The van der Waals surface area contributed by atoms with Crippen LogP contribution in [0.4, 0.5) is 0 Å². The van der Waals surface area contributed by atoms with Crippen LogP contribution in [0.3, 0.4) is 0 Å². The quantitative estimate of drug-likeness (QED) is 0.701. The minimum atomic E-state index is -0.0751. The number of hydrogen-bond donors (Lipinski definition) is 0. The van der Waals surface area contributed by atoms with Crippen molar-refractivity contribution in [1.82, 2.24) is 9.88 Å². The molecule has 1 amide bonds. The second-order valence-electron chi connectivity index (χ2n) is 3.76. The Kier molecular flexibility index (Phi) is 3.41. The van der Waals surface area contributed by atoms with Crippen molar-refractivity contribution in [3.8, 4) is 0 Å². The van der Waals surface area contributed by atoms with Crippen molar-refractivity contribution in [2.45, 2.75) is 13.0 Å². The molecule has 0 radical (unpaired) electrons. The standard InChI is InChI=1S/C11H13ClN2O2/c1-8-7-16-6-5-14(8)11(15)9-3-2-4-13-10(9)12/h2-4,8H,5-7H2,1H3/t8-/m1/s1. The first-order valence-electron chi connectivity index (χ1n) is 5.19. The normalized spacial score (nSPS) is 20.9. The van der Waals surface area contributed by atoms with Crippen LogP contribution in [0.1, 0.15) is 17.3 Å². The number of amides is 1. The molecule has 2 rings (SSSR count).